The van der Waals surface area contributed by atoms with E-state index in [0.29, 0.717) is 24.2 Å². The van der Waals surface area contributed by atoms with Gasteiger partial charge in [0.1, 0.15) is 11.7 Å². The van der Waals surface area contributed by atoms with Crippen LogP contribution >= 0.6 is 0 Å². The van der Waals surface area contributed by atoms with E-state index in [1.165, 1.54) is 0 Å². The summed E-state index contributed by atoms with van der Waals surface area (Å²) < 4.78 is 8.25. The van der Waals surface area contributed by atoms with Gasteiger partial charge in [0.05, 0.1) is 25.0 Å². The van der Waals surface area contributed by atoms with Crippen molar-refractivity contribution < 1.29 is 4.74 Å². The van der Waals surface area contributed by atoms with Gasteiger partial charge in [-0.05, 0) is 37.1 Å². The molecule has 0 fully saturated rings. The Hall–Kier alpha value is -2.47. The number of benzene rings is 1. The quantitative estimate of drug-likeness (QED) is 0.737. The maximum Gasteiger partial charge on any atom is 0.264 e. The average Bonchev–Trinajstić information content (AvgIpc) is 2.90. The van der Waals surface area contributed by atoms with Gasteiger partial charge < -0.3 is 4.74 Å². The molecule has 6 nitrogen and oxygen atoms in total. The first kappa shape index (κ1) is 14.5. The normalized spacial score (nSPS) is 11.2. The minimum absolute atomic E-state index is 0.0994. The Morgan fingerprint density at radius 3 is 2.59 bits per heavy atom. The lowest BCUT2D eigenvalue weighted by atomic mass is 10.1. The molecule has 0 amide bonds. The number of methoxy groups -OCH3 is 1. The van der Waals surface area contributed by atoms with Gasteiger partial charge in [-0.3, -0.25) is 9.36 Å². The summed E-state index contributed by atoms with van der Waals surface area (Å²) in [5, 5.41) is 4.85. The zero-order chi connectivity index (χ0) is 15.7. The number of fused-ring (bicyclic) bond motifs is 1. The van der Waals surface area contributed by atoms with Crippen LogP contribution in [0.5, 0.6) is 0 Å². The molecule has 2 aromatic heterocycles. The first-order valence-electron chi connectivity index (χ1n) is 7.11. The van der Waals surface area contributed by atoms with Crippen molar-refractivity contribution in [2.75, 3.05) is 13.7 Å². The van der Waals surface area contributed by atoms with Crippen molar-refractivity contribution in [3.63, 3.8) is 0 Å². The number of ether oxygens (including phenoxy) is 1. The van der Waals surface area contributed by atoms with Gasteiger partial charge in [0, 0.05) is 7.11 Å². The molecule has 0 aliphatic carbocycles. The predicted molar refractivity (Wildman–Crippen MR) is 84.5 cm³/mol. The second-order valence-electron chi connectivity index (χ2n) is 5.38. The van der Waals surface area contributed by atoms with Gasteiger partial charge in [0.2, 0.25) is 0 Å². The van der Waals surface area contributed by atoms with E-state index in [1.807, 2.05) is 26.0 Å². The highest BCUT2D eigenvalue weighted by molar-refractivity contribution is 5.75. The smallest absolute Gasteiger partial charge is 0.264 e. The molecule has 0 saturated carbocycles. The summed E-state index contributed by atoms with van der Waals surface area (Å²) in [4.78, 5) is 16.8. The monoisotopic (exact) mass is 298 g/mol. The number of hydrogen-bond acceptors (Lipinski definition) is 4. The molecule has 0 radical (unpaired) electrons. The van der Waals surface area contributed by atoms with Crippen LogP contribution in [0.2, 0.25) is 0 Å². The molecule has 3 rings (SSSR count). The maximum absolute atomic E-state index is 12.4. The summed E-state index contributed by atoms with van der Waals surface area (Å²) in [6.45, 7) is 5.02. The van der Waals surface area contributed by atoms with Crippen molar-refractivity contribution >= 4 is 11.0 Å². The molecule has 114 valence electrons. The molecule has 3 aromatic rings. The molecule has 0 saturated heterocycles. The minimum Gasteiger partial charge on any atom is -0.383 e. The van der Waals surface area contributed by atoms with Crippen molar-refractivity contribution in [2.24, 2.45) is 0 Å². The van der Waals surface area contributed by atoms with Crippen LogP contribution in [0, 0.1) is 13.8 Å². The van der Waals surface area contributed by atoms with Gasteiger partial charge in [0.25, 0.3) is 5.56 Å². The second kappa shape index (κ2) is 5.73. The Kier molecular flexibility index (Phi) is 3.77. The Labute approximate surface area is 128 Å². The topological polar surface area (TPSA) is 61.9 Å². The highest BCUT2D eigenvalue weighted by Gasteiger charge is 2.11. The lowest BCUT2D eigenvalue weighted by molar-refractivity contribution is 0.186. The average molecular weight is 298 g/mol. The van der Waals surface area contributed by atoms with Gasteiger partial charge in [-0.2, -0.15) is 5.10 Å². The van der Waals surface area contributed by atoms with Crippen LogP contribution in [0.25, 0.3) is 16.7 Å². The zero-order valence-electron chi connectivity index (χ0n) is 12.9. The minimum atomic E-state index is -0.0994. The molecule has 0 aliphatic rings. The molecule has 0 bridgehead atoms. The number of rotatable bonds is 4. The van der Waals surface area contributed by atoms with Crippen LogP contribution < -0.4 is 5.56 Å². The van der Waals surface area contributed by atoms with E-state index in [-0.39, 0.29) is 5.56 Å². The van der Waals surface area contributed by atoms with E-state index in [4.69, 9.17) is 4.74 Å². The summed E-state index contributed by atoms with van der Waals surface area (Å²) in [5.41, 5.74) is 3.68. The lowest BCUT2D eigenvalue weighted by Crippen LogP contribution is -2.22. The van der Waals surface area contributed by atoms with E-state index < -0.39 is 0 Å². The van der Waals surface area contributed by atoms with E-state index in [9.17, 15) is 4.79 Å². The second-order valence-corrected chi connectivity index (χ2v) is 5.38. The predicted octanol–water partition coefficient (Wildman–Crippen LogP) is 1.85. The lowest BCUT2D eigenvalue weighted by Gasteiger charge is -2.07. The van der Waals surface area contributed by atoms with Crippen LogP contribution in [0.3, 0.4) is 0 Å². The largest absolute Gasteiger partial charge is 0.383 e. The molecule has 0 spiro atoms. The van der Waals surface area contributed by atoms with Crippen molar-refractivity contribution in [1.82, 2.24) is 19.3 Å². The first-order valence-corrected chi connectivity index (χ1v) is 7.11. The van der Waals surface area contributed by atoms with Crippen LogP contribution in [0.15, 0.2) is 35.5 Å². The highest BCUT2D eigenvalue weighted by Crippen LogP contribution is 2.16. The molecule has 0 aliphatic heterocycles. The van der Waals surface area contributed by atoms with Crippen LogP contribution in [0.4, 0.5) is 0 Å². The maximum atomic E-state index is 12.4. The molecular formula is C16H18N4O2. The summed E-state index contributed by atoms with van der Waals surface area (Å²) in [6, 6.07) is 6.15. The summed E-state index contributed by atoms with van der Waals surface area (Å²) in [6.07, 6.45) is 3.12. The highest BCUT2D eigenvalue weighted by atomic mass is 16.5. The van der Waals surface area contributed by atoms with E-state index >= 15 is 0 Å². The fourth-order valence-electron chi connectivity index (χ4n) is 2.56. The van der Waals surface area contributed by atoms with Crippen molar-refractivity contribution in [3.05, 3.63) is 52.2 Å². The van der Waals surface area contributed by atoms with Crippen molar-refractivity contribution in [2.45, 2.75) is 20.4 Å². The third kappa shape index (κ3) is 2.53. The van der Waals surface area contributed by atoms with Crippen molar-refractivity contribution in [1.29, 1.82) is 0 Å². The fourth-order valence-corrected chi connectivity index (χ4v) is 2.56. The van der Waals surface area contributed by atoms with E-state index in [1.54, 1.807) is 28.9 Å². The third-order valence-electron chi connectivity index (χ3n) is 3.54. The van der Waals surface area contributed by atoms with Gasteiger partial charge >= 0.3 is 0 Å². The molecule has 0 unspecified atom stereocenters. The molecule has 6 heteroatoms. The number of nitrogens with zero attached hydrogens (tertiary/aromatic N) is 4. The van der Waals surface area contributed by atoms with Gasteiger partial charge in [0.15, 0.2) is 5.65 Å². The van der Waals surface area contributed by atoms with Gasteiger partial charge in [-0.15, -0.1) is 0 Å². The van der Waals surface area contributed by atoms with Gasteiger partial charge in [-0.25, -0.2) is 9.67 Å². The third-order valence-corrected chi connectivity index (χ3v) is 3.54. The number of aryl methyl sites for hydroxylation is 2. The molecule has 0 atom stereocenters. The van der Waals surface area contributed by atoms with E-state index in [0.717, 1.165) is 16.8 Å². The molecule has 2 heterocycles. The number of aromatic nitrogens is 4. The fraction of sp³-hybridized carbons (Fsp3) is 0.312. The Morgan fingerprint density at radius 2 is 1.91 bits per heavy atom. The summed E-state index contributed by atoms with van der Waals surface area (Å²) in [5.74, 6) is 0. The van der Waals surface area contributed by atoms with Crippen LogP contribution in [-0.4, -0.2) is 33.0 Å². The van der Waals surface area contributed by atoms with Crippen LogP contribution in [0.1, 0.15) is 11.1 Å². The molecular weight excluding hydrogens is 280 g/mol. The van der Waals surface area contributed by atoms with E-state index in [2.05, 4.69) is 16.1 Å². The summed E-state index contributed by atoms with van der Waals surface area (Å²) in [7, 11) is 1.61. The molecule has 1 aromatic carbocycles. The summed E-state index contributed by atoms with van der Waals surface area (Å²) >= 11 is 0. The standard InChI is InChI=1S/C16H18N4O2/c1-11-6-12(2)8-13(7-11)20-15-14(9-18-20)16(21)19(10-17-15)4-5-22-3/h6-10H,4-5H2,1-3H3. The molecule has 0 N–H and O–H groups in total. The van der Waals surface area contributed by atoms with Crippen molar-refractivity contribution in [3.8, 4) is 5.69 Å². The molecule has 22 heavy (non-hydrogen) atoms. The SMILES string of the molecule is COCCn1cnc2c(cnn2-c2cc(C)cc(C)c2)c1=O. The first-order chi connectivity index (χ1) is 10.6. The Bertz CT molecular complexity index is 859. The van der Waals surface area contributed by atoms with Gasteiger partial charge in [-0.1, -0.05) is 6.07 Å². The zero-order valence-corrected chi connectivity index (χ0v) is 12.9. The van der Waals surface area contributed by atoms with Crippen LogP contribution in [-0.2, 0) is 11.3 Å². The number of hydrogen-bond donors (Lipinski definition) is 0. The Morgan fingerprint density at radius 1 is 1.18 bits per heavy atom. The Balaban J connectivity index is 2.13.